The number of carbonyl (C=O) groups excluding carboxylic acids is 1. The first-order valence-corrected chi connectivity index (χ1v) is 8.32. The second-order valence-corrected chi connectivity index (χ2v) is 5.64. The molecule has 0 fully saturated rings. The van der Waals surface area contributed by atoms with Crippen LogP contribution in [0, 0.1) is 22.7 Å². The number of ether oxygens (including phenoxy) is 1. The fraction of sp³-hybridized carbons (Fsp3) is 0.0952. The Morgan fingerprint density at radius 3 is 2.78 bits per heavy atom. The first-order valence-electron chi connectivity index (χ1n) is 8.32. The lowest BCUT2D eigenvalue weighted by Crippen LogP contribution is -2.05. The van der Waals surface area contributed by atoms with Crippen LogP contribution in [-0.4, -0.2) is 17.0 Å². The first-order chi connectivity index (χ1) is 13.2. The molecule has 6 heteroatoms. The van der Waals surface area contributed by atoms with Crippen LogP contribution in [0.25, 0.3) is 16.6 Å². The van der Waals surface area contributed by atoms with Crippen LogP contribution in [0.1, 0.15) is 17.3 Å². The van der Waals surface area contributed by atoms with E-state index >= 15 is 0 Å². The van der Waals surface area contributed by atoms with E-state index in [1.165, 1.54) is 6.20 Å². The van der Waals surface area contributed by atoms with E-state index in [-0.39, 0.29) is 11.5 Å². The van der Waals surface area contributed by atoms with Crippen molar-refractivity contribution in [3.05, 3.63) is 72.2 Å². The number of hydrogen-bond acceptors (Lipinski definition) is 5. The molecule has 0 amide bonds. The summed E-state index contributed by atoms with van der Waals surface area (Å²) in [6.07, 6.45) is 5.10. The van der Waals surface area contributed by atoms with Gasteiger partial charge in [-0.25, -0.2) is 4.79 Å². The van der Waals surface area contributed by atoms with Gasteiger partial charge in [-0.15, -0.1) is 0 Å². The summed E-state index contributed by atoms with van der Waals surface area (Å²) in [6.45, 7) is 2.06. The number of rotatable bonds is 5. The minimum Gasteiger partial charge on any atom is -0.462 e. The van der Waals surface area contributed by atoms with Crippen LogP contribution in [0.15, 0.2) is 66.6 Å². The molecule has 0 aliphatic rings. The summed E-state index contributed by atoms with van der Waals surface area (Å²) in [5, 5.41) is 20.6. The second kappa shape index (κ2) is 7.90. The number of hydrogen-bond donors (Lipinski definition) is 1. The zero-order chi connectivity index (χ0) is 19.2. The highest BCUT2D eigenvalue weighted by Crippen LogP contribution is 2.31. The van der Waals surface area contributed by atoms with E-state index < -0.39 is 0 Å². The molecule has 0 saturated carbocycles. The van der Waals surface area contributed by atoms with Gasteiger partial charge < -0.3 is 14.5 Å². The van der Waals surface area contributed by atoms with Gasteiger partial charge in [0.1, 0.15) is 17.7 Å². The van der Waals surface area contributed by atoms with Crippen molar-refractivity contribution in [2.24, 2.45) is 0 Å². The number of nitrogens with one attached hydrogen (secondary N) is 1. The lowest BCUT2D eigenvalue weighted by Gasteiger charge is -2.07. The quantitative estimate of drug-likeness (QED) is 0.548. The molecule has 132 valence electrons. The monoisotopic (exact) mass is 356 g/mol. The van der Waals surface area contributed by atoms with Crippen LogP contribution in [0.3, 0.4) is 0 Å². The van der Waals surface area contributed by atoms with E-state index in [0.717, 1.165) is 16.6 Å². The number of aromatic nitrogens is 1. The number of nitrogens with zero attached hydrogens (tertiary/aromatic N) is 3. The molecule has 1 N–H and O–H groups in total. The fourth-order valence-corrected chi connectivity index (χ4v) is 2.78. The van der Waals surface area contributed by atoms with Crippen molar-refractivity contribution >= 4 is 17.2 Å². The number of pyridine rings is 1. The molecule has 0 bridgehead atoms. The van der Waals surface area contributed by atoms with Gasteiger partial charge in [0.15, 0.2) is 0 Å². The molecule has 6 nitrogen and oxygen atoms in total. The maximum atomic E-state index is 12.6. The van der Waals surface area contributed by atoms with Crippen molar-refractivity contribution in [1.82, 2.24) is 4.40 Å². The molecule has 3 rings (SSSR count). The lowest BCUT2D eigenvalue weighted by molar-refractivity contribution is 0.0529. The summed E-state index contributed by atoms with van der Waals surface area (Å²) in [6, 6.07) is 16.6. The molecular formula is C21H16N4O2. The molecule has 0 spiro atoms. The second-order valence-electron chi connectivity index (χ2n) is 5.64. The van der Waals surface area contributed by atoms with Crippen LogP contribution in [0.4, 0.5) is 5.69 Å². The number of carbonyl (C=O) groups is 1. The standard InChI is InChI=1S/C21H16N4O2/c1-2-27-21(26)20-18(14-25-9-4-3-8-19(20)25)16-6-5-7-17(10-16)24-13-15(11-22)12-23/h3-10,13-14,24H,2H2,1H3. The minimum absolute atomic E-state index is 0.0257. The number of nitriles is 2. The third-order valence-corrected chi connectivity index (χ3v) is 3.96. The molecule has 2 aromatic heterocycles. The van der Waals surface area contributed by atoms with Gasteiger partial charge in [-0.3, -0.25) is 0 Å². The van der Waals surface area contributed by atoms with E-state index in [1.54, 1.807) is 19.1 Å². The Balaban J connectivity index is 2.08. The SMILES string of the molecule is CCOC(=O)c1c(-c2cccc(NC=C(C#N)C#N)c2)cn2ccccc12. The van der Waals surface area contributed by atoms with Crippen LogP contribution < -0.4 is 5.32 Å². The van der Waals surface area contributed by atoms with Crippen molar-refractivity contribution < 1.29 is 9.53 Å². The van der Waals surface area contributed by atoms with Crippen LogP contribution in [0.5, 0.6) is 0 Å². The van der Waals surface area contributed by atoms with Gasteiger partial charge in [0.25, 0.3) is 0 Å². The Morgan fingerprint density at radius 1 is 1.22 bits per heavy atom. The van der Waals surface area contributed by atoms with Crippen molar-refractivity contribution in [2.45, 2.75) is 6.92 Å². The molecule has 0 radical (unpaired) electrons. The normalized spacial score (nSPS) is 9.89. The fourth-order valence-electron chi connectivity index (χ4n) is 2.78. The van der Waals surface area contributed by atoms with Crippen molar-refractivity contribution in [3.63, 3.8) is 0 Å². The molecular weight excluding hydrogens is 340 g/mol. The molecule has 0 unspecified atom stereocenters. The van der Waals surface area contributed by atoms with Crippen LogP contribution in [-0.2, 0) is 4.74 Å². The highest BCUT2D eigenvalue weighted by Gasteiger charge is 2.20. The van der Waals surface area contributed by atoms with Gasteiger partial charge in [0, 0.05) is 29.8 Å². The molecule has 0 atom stereocenters. The Kier molecular flexibility index (Phi) is 5.20. The topological polar surface area (TPSA) is 90.3 Å². The van der Waals surface area contributed by atoms with Gasteiger partial charge >= 0.3 is 5.97 Å². The van der Waals surface area contributed by atoms with Gasteiger partial charge in [0.2, 0.25) is 0 Å². The predicted octanol–water partition coefficient (Wildman–Crippen LogP) is 4.13. The van der Waals surface area contributed by atoms with Crippen molar-refractivity contribution in [1.29, 1.82) is 10.5 Å². The average Bonchev–Trinajstić information content (AvgIpc) is 3.09. The molecule has 3 aromatic rings. The van der Waals surface area contributed by atoms with Crippen molar-refractivity contribution in [2.75, 3.05) is 11.9 Å². The zero-order valence-corrected chi connectivity index (χ0v) is 14.6. The molecule has 0 saturated heterocycles. The summed E-state index contributed by atoms with van der Waals surface area (Å²) < 4.78 is 7.13. The van der Waals surface area contributed by atoms with E-state index in [4.69, 9.17) is 15.3 Å². The van der Waals surface area contributed by atoms with Gasteiger partial charge in [-0.2, -0.15) is 10.5 Å². The van der Waals surface area contributed by atoms with Gasteiger partial charge in [-0.05, 0) is 36.8 Å². The molecule has 0 aliphatic heterocycles. The first kappa shape index (κ1) is 17.8. The van der Waals surface area contributed by atoms with Gasteiger partial charge in [-0.1, -0.05) is 18.2 Å². The zero-order valence-electron chi connectivity index (χ0n) is 14.6. The van der Waals surface area contributed by atoms with Gasteiger partial charge in [0.05, 0.1) is 17.7 Å². The molecule has 1 aromatic carbocycles. The van der Waals surface area contributed by atoms with E-state index in [9.17, 15) is 4.79 Å². The number of benzene rings is 1. The Hall–Kier alpha value is -4.03. The van der Waals surface area contributed by atoms with E-state index in [1.807, 2.05) is 59.3 Å². The van der Waals surface area contributed by atoms with Crippen molar-refractivity contribution in [3.8, 4) is 23.3 Å². The highest BCUT2D eigenvalue weighted by atomic mass is 16.5. The third kappa shape index (κ3) is 3.65. The Morgan fingerprint density at radius 2 is 2.04 bits per heavy atom. The smallest absolute Gasteiger partial charge is 0.340 e. The van der Waals surface area contributed by atoms with E-state index in [0.29, 0.717) is 17.9 Å². The summed E-state index contributed by atoms with van der Waals surface area (Å²) in [5.41, 5.74) is 3.49. The highest BCUT2D eigenvalue weighted by molar-refractivity contribution is 6.04. The molecule has 0 aliphatic carbocycles. The summed E-state index contributed by atoms with van der Waals surface area (Å²) in [5.74, 6) is -0.379. The minimum atomic E-state index is -0.379. The number of esters is 1. The molecule has 27 heavy (non-hydrogen) atoms. The Labute approximate surface area is 156 Å². The maximum Gasteiger partial charge on any atom is 0.340 e. The predicted molar refractivity (Wildman–Crippen MR) is 102 cm³/mol. The summed E-state index contributed by atoms with van der Waals surface area (Å²) in [4.78, 5) is 12.6. The van der Waals surface area contributed by atoms with E-state index in [2.05, 4.69) is 5.32 Å². The maximum absolute atomic E-state index is 12.6. The van der Waals surface area contributed by atoms with Crippen LogP contribution >= 0.6 is 0 Å². The summed E-state index contributed by atoms with van der Waals surface area (Å²) >= 11 is 0. The summed E-state index contributed by atoms with van der Waals surface area (Å²) in [7, 11) is 0. The molecule has 2 heterocycles. The Bertz CT molecular complexity index is 1100. The number of allylic oxidation sites excluding steroid dienone is 1. The largest absolute Gasteiger partial charge is 0.462 e. The number of fused-ring (bicyclic) bond motifs is 1. The number of anilines is 1. The lowest BCUT2D eigenvalue weighted by atomic mass is 10.0. The third-order valence-electron chi connectivity index (χ3n) is 3.96. The average molecular weight is 356 g/mol. The van der Waals surface area contributed by atoms with Crippen LogP contribution in [0.2, 0.25) is 0 Å².